The van der Waals surface area contributed by atoms with Crippen LogP contribution in [0.1, 0.15) is 19.8 Å². The summed E-state index contributed by atoms with van der Waals surface area (Å²) in [5, 5.41) is 3.17. The van der Waals surface area contributed by atoms with Gasteiger partial charge in [-0.2, -0.15) is 0 Å². The first-order valence-electron chi connectivity index (χ1n) is 7.59. The normalized spacial score (nSPS) is 10.4. The molecule has 1 N–H and O–H groups in total. The van der Waals surface area contributed by atoms with Crippen molar-refractivity contribution in [2.45, 2.75) is 19.8 Å². The lowest BCUT2D eigenvalue weighted by molar-refractivity contribution is 0.629. The number of benzene rings is 2. The van der Waals surface area contributed by atoms with E-state index in [1.165, 1.54) is 18.2 Å². The van der Waals surface area contributed by atoms with Gasteiger partial charge in [0.1, 0.15) is 5.82 Å². The lowest BCUT2D eigenvalue weighted by atomic mass is 10.2. The van der Waals surface area contributed by atoms with E-state index in [4.69, 9.17) is 0 Å². The van der Waals surface area contributed by atoms with Crippen LogP contribution in [0.25, 0.3) is 0 Å². The topological polar surface area (TPSA) is 15.3 Å². The van der Waals surface area contributed by atoms with E-state index in [9.17, 15) is 4.39 Å². The van der Waals surface area contributed by atoms with Gasteiger partial charge in [-0.1, -0.05) is 43.7 Å². The lowest BCUT2D eigenvalue weighted by Gasteiger charge is -2.25. The van der Waals surface area contributed by atoms with E-state index in [1.807, 2.05) is 12.1 Å². The number of hydrogen-bond donors (Lipinski definition) is 1. The first-order valence-corrected chi connectivity index (χ1v) is 7.59. The molecular formula is C18H23FN2. The predicted molar refractivity (Wildman–Crippen MR) is 88.5 cm³/mol. The smallest absolute Gasteiger partial charge is 0.146 e. The minimum atomic E-state index is -0.197. The van der Waals surface area contributed by atoms with Crippen molar-refractivity contribution in [2.24, 2.45) is 0 Å². The van der Waals surface area contributed by atoms with E-state index >= 15 is 0 Å². The summed E-state index contributed by atoms with van der Waals surface area (Å²) in [6.07, 6.45) is 2.33. The minimum absolute atomic E-state index is 0.197. The molecule has 0 unspecified atom stereocenters. The van der Waals surface area contributed by atoms with Crippen LogP contribution in [0.15, 0.2) is 54.6 Å². The van der Waals surface area contributed by atoms with Gasteiger partial charge in [-0.15, -0.1) is 0 Å². The molecule has 112 valence electrons. The molecule has 0 radical (unpaired) electrons. The molecule has 0 atom stereocenters. The molecule has 0 amide bonds. The van der Waals surface area contributed by atoms with Crippen LogP contribution in [-0.2, 0) is 0 Å². The Morgan fingerprint density at radius 1 is 0.952 bits per heavy atom. The number of rotatable bonds is 8. The maximum Gasteiger partial charge on any atom is 0.146 e. The van der Waals surface area contributed by atoms with E-state index in [0.29, 0.717) is 5.69 Å². The van der Waals surface area contributed by atoms with Gasteiger partial charge in [-0.3, -0.25) is 0 Å². The van der Waals surface area contributed by atoms with Gasteiger partial charge in [-0.05, 0) is 30.7 Å². The summed E-state index contributed by atoms with van der Waals surface area (Å²) >= 11 is 0. The van der Waals surface area contributed by atoms with Gasteiger partial charge < -0.3 is 10.2 Å². The quantitative estimate of drug-likeness (QED) is 0.766. The third-order valence-electron chi connectivity index (χ3n) is 3.47. The van der Waals surface area contributed by atoms with Crippen molar-refractivity contribution in [3.05, 3.63) is 60.4 Å². The fourth-order valence-electron chi connectivity index (χ4n) is 2.29. The molecule has 0 aromatic heterocycles. The first kappa shape index (κ1) is 15.4. The number of hydrogen-bond acceptors (Lipinski definition) is 2. The maximum atomic E-state index is 13.6. The summed E-state index contributed by atoms with van der Waals surface area (Å²) in [5.74, 6) is -0.197. The molecule has 0 heterocycles. The first-order chi connectivity index (χ1) is 10.3. The van der Waals surface area contributed by atoms with Crippen LogP contribution in [0.2, 0.25) is 0 Å². The highest BCUT2D eigenvalue weighted by Gasteiger charge is 2.06. The molecule has 0 bridgehead atoms. The molecule has 0 fully saturated rings. The third-order valence-corrected chi connectivity index (χ3v) is 3.47. The van der Waals surface area contributed by atoms with Crippen LogP contribution in [0, 0.1) is 5.82 Å². The van der Waals surface area contributed by atoms with Gasteiger partial charge >= 0.3 is 0 Å². The summed E-state index contributed by atoms with van der Waals surface area (Å²) in [5.41, 5.74) is 1.79. The largest absolute Gasteiger partial charge is 0.381 e. The second-order valence-electron chi connectivity index (χ2n) is 5.08. The SMILES string of the molecule is CCCCN(CCNc1ccccc1F)c1ccccc1. The highest BCUT2D eigenvalue weighted by atomic mass is 19.1. The van der Waals surface area contributed by atoms with Crippen molar-refractivity contribution < 1.29 is 4.39 Å². The van der Waals surface area contributed by atoms with Gasteiger partial charge in [0.25, 0.3) is 0 Å². The van der Waals surface area contributed by atoms with E-state index in [2.05, 4.69) is 41.4 Å². The predicted octanol–water partition coefficient (Wildman–Crippen LogP) is 4.54. The molecule has 0 aliphatic carbocycles. The van der Waals surface area contributed by atoms with Crippen LogP contribution in [-0.4, -0.2) is 19.6 Å². The minimum Gasteiger partial charge on any atom is -0.381 e. The number of nitrogens with zero attached hydrogens (tertiary/aromatic N) is 1. The van der Waals surface area contributed by atoms with Crippen molar-refractivity contribution >= 4 is 11.4 Å². The summed E-state index contributed by atoms with van der Waals surface area (Å²) in [6, 6.07) is 17.2. The number of nitrogens with one attached hydrogen (secondary N) is 1. The van der Waals surface area contributed by atoms with E-state index in [1.54, 1.807) is 12.1 Å². The van der Waals surface area contributed by atoms with Gasteiger partial charge in [-0.25, -0.2) is 4.39 Å². The fraction of sp³-hybridized carbons (Fsp3) is 0.333. The molecule has 0 saturated heterocycles. The molecule has 0 saturated carbocycles. The van der Waals surface area contributed by atoms with Crippen LogP contribution in [0.5, 0.6) is 0 Å². The van der Waals surface area contributed by atoms with Crippen molar-refractivity contribution in [1.29, 1.82) is 0 Å². The Hall–Kier alpha value is -2.03. The van der Waals surface area contributed by atoms with Gasteiger partial charge in [0.2, 0.25) is 0 Å². The van der Waals surface area contributed by atoms with Crippen molar-refractivity contribution in [1.82, 2.24) is 0 Å². The summed E-state index contributed by atoms with van der Waals surface area (Å²) < 4.78 is 13.6. The molecule has 0 aliphatic heterocycles. The van der Waals surface area contributed by atoms with E-state index < -0.39 is 0 Å². The molecule has 0 aliphatic rings. The monoisotopic (exact) mass is 286 g/mol. The van der Waals surface area contributed by atoms with Gasteiger partial charge in [0.05, 0.1) is 5.69 Å². The molecule has 0 spiro atoms. The van der Waals surface area contributed by atoms with E-state index in [0.717, 1.165) is 26.1 Å². The molecule has 2 aromatic carbocycles. The van der Waals surface area contributed by atoms with E-state index in [-0.39, 0.29) is 5.82 Å². The Morgan fingerprint density at radius 3 is 2.38 bits per heavy atom. The van der Waals surface area contributed by atoms with Crippen molar-refractivity contribution in [3.8, 4) is 0 Å². The second-order valence-corrected chi connectivity index (χ2v) is 5.08. The Labute approximate surface area is 126 Å². The molecular weight excluding hydrogens is 263 g/mol. The Kier molecular flexibility index (Phi) is 6.07. The number of para-hydroxylation sites is 2. The Balaban J connectivity index is 1.92. The Bertz CT molecular complexity index is 528. The second kappa shape index (κ2) is 8.30. The summed E-state index contributed by atoms with van der Waals surface area (Å²) in [6.45, 7) is 4.80. The Morgan fingerprint density at radius 2 is 1.67 bits per heavy atom. The zero-order valence-corrected chi connectivity index (χ0v) is 12.6. The molecule has 3 heteroatoms. The van der Waals surface area contributed by atoms with Crippen LogP contribution < -0.4 is 10.2 Å². The summed E-state index contributed by atoms with van der Waals surface area (Å²) in [7, 11) is 0. The van der Waals surface area contributed by atoms with Crippen molar-refractivity contribution in [3.63, 3.8) is 0 Å². The van der Waals surface area contributed by atoms with Crippen LogP contribution in [0.3, 0.4) is 0 Å². The molecule has 2 nitrogen and oxygen atoms in total. The molecule has 2 rings (SSSR count). The maximum absolute atomic E-state index is 13.6. The zero-order chi connectivity index (χ0) is 14.9. The standard InChI is InChI=1S/C18H23FN2/c1-2-3-14-21(16-9-5-4-6-10-16)15-13-20-18-12-8-7-11-17(18)19/h4-12,20H,2-3,13-15H2,1H3. The zero-order valence-electron chi connectivity index (χ0n) is 12.6. The van der Waals surface area contributed by atoms with Gasteiger partial charge in [0.15, 0.2) is 0 Å². The van der Waals surface area contributed by atoms with Crippen LogP contribution in [0.4, 0.5) is 15.8 Å². The van der Waals surface area contributed by atoms with Crippen LogP contribution >= 0.6 is 0 Å². The highest BCUT2D eigenvalue weighted by Crippen LogP contribution is 2.15. The average Bonchev–Trinajstić information content (AvgIpc) is 2.53. The summed E-state index contributed by atoms with van der Waals surface area (Å²) in [4.78, 5) is 2.34. The number of anilines is 2. The third kappa shape index (κ3) is 4.78. The highest BCUT2D eigenvalue weighted by molar-refractivity contribution is 5.47. The molecule has 21 heavy (non-hydrogen) atoms. The fourth-order valence-corrected chi connectivity index (χ4v) is 2.29. The number of unbranched alkanes of at least 4 members (excludes halogenated alkanes) is 1. The van der Waals surface area contributed by atoms with Gasteiger partial charge in [0, 0.05) is 25.3 Å². The lowest BCUT2D eigenvalue weighted by Crippen LogP contribution is -2.30. The van der Waals surface area contributed by atoms with Crippen molar-refractivity contribution in [2.75, 3.05) is 29.9 Å². The average molecular weight is 286 g/mol. The number of halogens is 1. The molecule has 2 aromatic rings.